The van der Waals surface area contributed by atoms with Crippen LogP contribution < -0.4 is 70.0 Å². The van der Waals surface area contributed by atoms with Crippen LogP contribution in [0.3, 0.4) is 0 Å². The number of nitrogens with one attached hydrogen (secondary N) is 11. The Balaban J connectivity index is 2.25. The summed E-state index contributed by atoms with van der Waals surface area (Å²) in [5.41, 5.74) is 11.0. The van der Waals surface area contributed by atoms with Gasteiger partial charge >= 0.3 is 17.9 Å². The average Bonchev–Trinajstić information content (AvgIpc) is 2.38. The van der Waals surface area contributed by atoms with E-state index in [2.05, 4.69) is 53.2 Å². The fourth-order valence-electron chi connectivity index (χ4n) is 9.44. The van der Waals surface area contributed by atoms with E-state index in [0.717, 1.165) is 6.42 Å². The second-order valence-electron chi connectivity index (χ2n) is 23.1. The van der Waals surface area contributed by atoms with E-state index < -0.39 is 199 Å². The second-order valence-corrected chi connectivity index (χ2v) is 23.1. The van der Waals surface area contributed by atoms with Crippen LogP contribution in [0.5, 0.6) is 0 Å². The standard InChI is InChI=1S/C55H92N14O18/c1-26(2)24-36(51(82)67-42(27(3)4)53(84)64-33(14-10-11-21-56)49(80)63-34(17-19-39(57)70)50(81)66-37(55(86)87)25-41(73)74)65-52(83)38-16-13-23-69(38)54(85)43(28(5)6)68-46(77)31(9)61-48(79)35(18-20-40(71)72)62-45(76)30(8)59-44(75)29(7)60-47(78)32-15-12-22-58-32/h26-38,42-43,58H,10-25,56H2,1-9H3,(H2,57,70)(H,59,75)(H,60,78)(H,61,79)(H,62,76)(H,63,80)(H,64,84)(H,65,83)(H,66,81)(H,67,82)(H,68,77)(H,71,72)(H,73,74)(H,86,87)/t29-,30-,31-,32-,33-,34-,35-,36-,37-,38-,42-,43-/m0/s1. The number of aliphatic carboxylic acids is 3. The third kappa shape index (κ3) is 25.8. The number of primary amides is 1. The zero-order valence-corrected chi connectivity index (χ0v) is 51.0. The number of amides is 12. The molecule has 0 aromatic heterocycles. The maximum absolute atomic E-state index is 14.4. The van der Waals surface area contributed by atoms with Gasteiger partial charge in [0.1, 0.15) is 66.5 Å². The normalized spacial score (nSPS) is 18.1. The maximum Gasteiger partial charge on any atom is 0.326 e. The molecule has 0 aromatic rings. The lowest BCUT2D eigenvalue weighted by Gasteiger charge is -2.32. The monoisotopic (exact) mass is 1240 g/mol. The lowest BCUT2D eigenvalue weighted by molar-refractivity contribution is -0.147. The molecule has 0 saturated carbocycles. The van der Waals surface area contributed by atoms with Crippen LogP contribution in [0.2, 0.25) is 0 Å². The molecular weight excluding hydrogens is 1140 g/mol. The molecule has 32 heteroatoms. The smallest absolute Gasteiger partial charge is 0.326 e. The van der Waals surface area contributed by atoms with E-state index >= 15 is 0 Å². The molecular formula is C55H92N14O18. The summed E-state index contributed by atoms with van der Waals surface area (Å²) in [5, 5.41) is 56.0. The topological polar surface area (TPSA) is 504 Å². The summed E-state index contributed by atoms with van der Waals surface area (Å²) in [6, 6.07) is -15.7. The Morgan fingerprint density at radius 1 is 0.494 bits per heavy atom. The van der Waals surface area contributed by atoms with Crippen LogP contribution in [0.1, 0.15) is 146 Å². The van der Waals surface area contributed by atoms with E-state index in [4.69, 9.17) is 16.6 Å². The Morgan fingerprint density at radius 2 is 0.977 bits per heavy atom. The summed E-state index contributed by atoms with van der Waals surface area (Å²) in [5.74, 6) is -15.9. The van der Waals surface area contributed by atoms with Crippen LogP contribution in [0, 0.1) is 17.8 Å². The number of rotatable bonds is 38. The number of nitrogens with zero attached hydrogens (tertiary/aromatic N) is 1. The number of hydrogen-bond acceptors (Lipinski definition) is 17. The van der Waals surface area contributed by atoms with Gasteiger partial charge in [-0.1, -0.05) is 41.5 Å². The quantitative estimate of drug-likeness (QED) is 0.0261. The van der Waals surface area contributed by atoms with Crippen molar-refractivity contribution < 1.29 is 87.2 Å². The van der Waals surface area contributed by atoms with Crippen molar-refractivity contribution in [1.29, 1.82) is 0 Å². The zero-order chi connectivity index (χ0) is 66.0. The van der Waals surface area contributed by atoms with Crippen molar-refractivity contribution in [2.75, 3.05) is 19.6 Å². The van der Waals surface area contributed by atoms with E-state index in [9.17, 15) is 82.1 Å². The fraction of sp³-hybridized carbons (Fsp3) is 0.727. The van der Waals surface area contributed by atoms with Crippen LogP contribution in [-0.2, 0) is 71.9 Å². The third-order valence-electron chi connectivity index (χ3n) is 14.5. The average molecular weight is 1240 g/mol. The molecule has 18 N–H and O–H groups in total. The molecule has 2 aliphatic rings. The molecule has 0 radical (unpaired) electrons. The van der Waals surface area contributed by atoms with E-state index in [1.807, 2.05) is 5.32 Å². The Hall–Kier alpha value is -8.03. The summed E-state index contributed by atoms with van der Waals surface area (Å²) < 4.78 is 0. The molecule has 490 valence electrons. The van der Waals surface area contributed by atoms with Gasteiger partial charge in [-0.05, 0) is 116 Å². The second kappa shape index (κ2) is 36.8. The largest absolute Gasteiger partial charge is 0.481 e. The molecule has 2 fully saturated rings. The maximum atomic E-state index is 14.4. The lowest BCUT2D eigenvalue weighted by atomic mass is 9.98. The van der Waals surface area contributed by atoms with E-state index in [0.29, 0.717) is 25.8 Å². The number of carbonyl (C=O) groups is 15. The van der Waals surface area contributed by atoms with Gasteiger partial charge < -0.3 is 90.2 Å². The number of unbranched alkanes of at least 4 members (excludes halogenated alkanes) is 1. The number of carboxylic acid groups (broad SMARTS) is 3. The Kier molecular flexibility index (Phi) is 31.8. The van der Waals surface area contributed by atoms with E-state index in [1.165, 1.54) is 25.7 Å². The highest BCUT2D eigenvalue weighted by Crippen LogP contribution is 2.22. The minimum absolute atomic E-state index is 0.0438. The molecule has 2 aliphatic heterocycles. The van der Waals surface area contributed by atoms with Crippen molar-refractivity contribution >= 4 is 88.8 Å². The summed E-state index contributed by atoms with van der Waals surface area (Å²) in [7, 11) is 0. The summed E-state index contributed by atoms with van der Waals surface area (Å²) in [6.07, 6.45) is -0.414. The summed E-state index contributed by atoms with van der Waals surface area (Å²) >= 11 is 0. The van der Waals surface area contributed by atoms with Crippen LogP contribution in [-0.4, -0.2) is 201 Å². The molecule has 2 saturated heterocycles. The van der Waals surface area contributed by atoms with E-state index in [-0.39, 0.29) is 50.6 Å². The molecule has 12 atom stereocenters. The number of nitrogens with two attached hydrogens (primary N) is 2. The number of hydrogen-bond donors (Lipinski definition) is 16. The van der Waals surface area contributed by atoms with E-state index in [1.54, 1.807) is 41.5 Å². The van der Waals surface area contributed by atoms with Crippen LogP contribution in [0.4, 0.5) is 0 Å². The lowest BCUT2D eigenvalue weighted by Crippen LogP contribution is -2.61. The first-order valence-corrected chi connectivity index (χ1v) is 29.4. The molecule has 32 nitrogen and oxygen atoms in total. The molecule has 2 rings (SSSR count). The predicted octanol–water partition coefficient (Wildman–Crippen LogP) is -4.19. The van der Waals surface area contributed by atoms with Crippen molar-refractivity contribution in [2.45, 2.75) is 218 Å². The van der Waals surface area contributed by atoms with Crippen molar-refractivity contribution in [2.24, 2.45) is 29.2 Å². The van der Waals surface area contributed by atoms with Gasteiger partial charge in [-0.3, -0.25) is 67.1 Å². The molecule has 0 unspecified atom stereocenters. The molecule has 0 aromatic carbocycles. The highest BCUT2D eigenvalue weighted by Gasteiger charge is 2.42. The first-order chi connectivity index (χ1) is 40.7. The zero-order valence-electron chi connectivity index (χ0n) is 51.0. The van der Waals surface area contributed by atoms with Crippen LogP contribution in [0.15, 0.2) is 0 Å². The molecule has 87 heavy (non-hydrogen) atoms. The Bertz CT molecular complexity index is 2470. The van der Waals surface area contributed by atoms with Crippen molar-refractivity contribution in [1.82, 2.24) is 63.4 Å². The van der Waals surface area contributed by atoms with Gasteiger partial charge in [-0.15, -0.1) is 0 Å². The highest BCUT2D eigenvalue weighted by molar-refractivity contribution is 6.00. The van der Waals surface area contributed by atoms with Gasteiger partial charge in [0, 0.05) is 19.4 Å². The van der Waals surface area contributed by atoms with Crippen LogP contribution in [0.25, 0.3) is 0 Å². The summed E-state index contributed by atoms with van der Waals surface area (Å²) in [6.45, 7) is 14.9. The highest BCUT2D eigenvalue weighted by atomic mass is 16.4. The number of carbonyl (C=O) groups excluding carboxylic acids is 12. The molecule has 0 aliphatic carbocycles. The van der Waals surface area contributed by atoms with Gasteiger partial charge in [-0.25, -0.2) is 4.79 Å². The predicted molar refractivity (Wildman–Crippen MR) is 309 cm³/mol. The molecule has 0 bridgehead atoms. The first kappa shape index (κ1) is 75.1. The summed E-state index contributed by atoms with van der Waals surface area (Å²) in [4.78, 5) is 198. The van der Waals surface area contributed by atoms with Gasteiger partial charge in [-0.2, -0.15) is 0 Å². The molecule has 0 spiro atoms. The van der Waals surface area contributed by atoms with Crippen molar-refractivity contribution in [3.63, 3.8) is 0 Å². The minimum atomic E-state index is -1.91. The number of likely N-dealkylation sites (tertiary alicyclic amines) is 1. The van der Waals surface area contributed by atoms with Gasteiger partial charge in [0.05, 0.1) is 12.5 Å². The fourth-order valence-corrected chi connectivity index (χ4v) is 9.44. The Morgan fingerprint density at radius 3 is 1.49 bits per heavy atom. The first-order valence-electron chi connectivity index (χ1n) is 29.4. The number of carboxylic acids is 3. The van der Waals surface area contributed by atoms with Gasteiger partial charge in [0.15, 0.2) is 0 Å². The van der Waals surface area contributed by atoms with Gasteiger partial charge in [0.25, 0.3) is 0 Å². The van der Waals surface area contributed by atoms with Crippen LogP contribution >= 0.6 is 0 Å². The van der Waals surface area contributed by atoms with Crippen molar-refractivity contribution in [3.05, 3.63) is 0 Å². The van der Waals surface area contributed by atoms with Crippen molar-refractivity contribution in [3.8, 4) is 0 Å². The molecule has 12 amide bonds. The van der Waals surface area contributed by atoms with Gasteiger partial charge in [0.2, 0.25) is 70.9 Å². The molecule has 2 heterocycles. The third-order valence-corrected chi connectivity index (χ3v) is 14.5. The Labute approximate surface area is 505 Å². The SMILES string of the molecule is CC(C)C[C@H](NC(=O)[C@@H]1CCCN1C(=O)[C@@H](NC(=O)[C@H](C)NC(=O)[C@H](CCC(=O)O)NC(=O)[C@H](C)NC(=O)[C@H](C)NC(=O)[C@@H]1CCCN1)C(C)C)C(=O)N[C@H](C(=O)N[C@@H](CCCCN)C(=O)N[C@@H](CCC(N)=O)C(=O)N[C@@H](CC(=O)O)C(=O)O)C(C)C. The minimum Gasteiger partial charge on any atom is -0.481 e.